The average Bonchev–Trinajstić information content (AvgIpc) is 3.03. The molecule has 1 aromatic carbocycles. The summed E-state index contributed by atoms with van der Waals surface area (Å²) >= 11 is 1.44. The lowest BCUT2D eigenvalue weighted by molar-refractivity contribution is -0.384. The third kappa shape index (κ3) is 3.21. The Balaban J connectivity index is 1.83. The maximum Gasteiger partial charge on any atom is 0.270 e. The van der Waals surface area contributed by atoms with Crippen molar-refractivity contribution < 1.29 is 4.92 Å². The molecule has 2 heterocycles. The lowest BCUT2D eigenvalue weighted by Gasteiger charge is -1.95. The Morgan fingerprint density at radius 2 is 2.05 bits per heavy atom. The van der Waals surface area contributed by atoms with Gasteiger partial charge in [-0.1, -0.05) is 12.1 Å². The molecule has 7 heteroatoms. The quantitative estimate of drug-likeness (QED) is 0.542. The van der Waals surface area contributed by atoms with Gasteiger partial charge in [-0.3, -0.25) is 10.1 Å². The number of rotatable bonds is 4. The van der Waals surface area contributed by atoms with Gasteiger partial charge < -0.3 is 0 Å². The Labute approximate surface area is 130 Å². The molecule has 0 saturated carbocycles. The zero-order valence-electron chi connectivity index (χ0n) is 11.3. The molecule has 0 bridgehead atoms. The molecule has 0 N–H and O–H groups in total. The number of nitro groups is 1. The van der Waals surface area contributed by atoms with Crippen LogP contribution in [0.25, 0.3) is 22.7 Å². The second-order valence-corrected chi connectivity index (χ2v) is 5.21. The molecule has 3 rings (SSSR count). The maximum atomic E-state index is 10.8. The van der Waals surface area contributed by atoms with E-state index in [0.717, 1.165) is 22.0 Å². The minimum atomic E-state index is -0.410. The van der Waals surface area contributed by atoms with Crippen molar-refractivity contribution in [1.82, 2.24) is 15.0 Å². The first-order chi connectivity index (χ1) is 10.7. The lowest BCUT2D eigenvalue weighted by Crippen LogP contribution is -1.87. The number of hydrogen-bond acceptors (Lipinski definition) is 6. The predicted molar refractivity (Wildman–Crippen MR) is 85.2 cm³/mol. The molecule has 0 saturated heterocycles. The molecule has 0 aliphatic carbocycles. The fourth-order valence-corrected chi connectivity index (χ4v) is 2.60. The Hall–Kier alpha value is -2.93. The van der Waals surface area contributed by atoms with E-state index >= 15 is 0 Å². The molecular weight excluding hydrogens is 300 g/mol. The first kappa shape index (κ1) is 14.0. The molecule has 108 valence electrons. The van der Waals surface area contributed by atoms with Crippen LogP contribution in [0.3, 0.4) is 0 Å². The molecule has 0 unspecified atom stereocenters. The second kappa shape index (κ2) is 6.23. The summed E-state index contributed by atoms with van der Waals surface area (Å²) in [5.74, 6) is 0. The number of nitro benzene ring substituents is 1. The largest absolute Gasteiger partial charge is 0.270 e. The van der Waals surface area contributed by atoms with Crippen LogP contribution in [0.2, 0.25) is 0 Å². The molecule has 0 spiro atoms. The van der Waals surface area contributed by atoms with Crippen LogP contribution in [0.5, 0.6) is 0 Å². The molecule has 0 aliphatic rings. The molecule has 3 aromatic rings. The standard InChI is InChI=1S/C15H10N4O2S/c20-19(21)14-3-1-2-11(8-14)15-18-13(9-22-15)5-4-12-6-7-16-10-17-12/h1-10H/b5-4+. The van der Waals surface area contributed by atoms with Gasteiger partial charge >= 0.3 is 0 Å². The van der Waals surface area contributed by atoms with Gasteiger partial charge in [0.05, 0.1) is 16.3 Å². The molecule has 0 aliphatic heterocycles. The Morgan fingerprint density at radius 3 is 2.82 bits per heavy atom. The number of thiazole rings is 1. The second-order valence-electron chi connectivity index (χ2n) is 4.35. The van der Waals surface area contributed by atoms with Crippen LogP contribution in [-0.4, -0.2) is 19.9 Å². The van der Waals surface area contributed by atoms with Gasteiger partial charge in [0.2, 0.25) is 0 Å². The van der Waals surface area contributed by atoms with E-state index in [0.29, 0.717) is 0 Å². The van der Waals surface area contributed by atoms with Crippen LogP contribution in [0.1, 0.15) is 11.4 Å². The Morgan fingerprint density at radius 1 is 1.18 bits per heavy atom. The molecule has 0 atom stereocenters. The average molecular weight is 310 g/mol. The number of non-ortho nitro benzene ring substituents is 1. The minimum Gasteiger partial charge on any atom is -0.258 e. The van der Waals surface area contributed by atoms with Gasteiger partial charge in [0.25, 0.3) is 5.69 Å². The summed E-state index contributed by atoms with van der Waals surface area (Å²) in [6.45, 7) is 0. The number of nitrogens with zero attached hydrogens (tertiary/aromatic N) is 4. The van der Waals surface area contributed by atoms with Crippen molar-refractivity contribution in [2.75, 3.05) is 0 Å². The highest BCUT2D eigenvalue weighted by Gasteiger charge is 2.09. The van der Waals surface area contributed by atoms with Crippen molar-refractivity contribution in [3.63, 3.8) is 0 Å². The van der Waals surface area contributed by atoms with Crippen molar-refractivity contribution in [3.8, 4) is 10.6 Å². The van der Waals surface area contributed by atoms with E-state index in [1.54, 1.807) is 18.3 Å². The van der Waals surface area contributed by atoms with Gasteiger partial charge in [0, 0.05) is 29.3 Å². The summed E-state index contributed by atoms with van der Waals surface area (Å²) in [6.07, 6.45) is 6.84. The summed E-state index contributed by atoms with van der Waals surface area (Å²) in [4.78, 5) is 22.8. The van der Waals surface area contributed by atoms with E-state index in [2.05, 4.69) is 15.0 Å². The summed E-state index contributed by atoms with van der Waals surface area (Å²) < 4.78 is 0. The third-order valence-electron chi connectivity index (χ3n) is 2.86. The van der Waals surface area contributed by atoms with Gasteiger partial charge in [-0.15, -0.1) is 11.3 Å². The van der Waals surface area contributed by atoms with Crippen LogP contribution in [0, 0.1) is 10.1 Å². The van der Waals surface area contributed by atoms with Gasteiger partial charge in [0.15, 0.2) is 0 Å². The fourth-order valence-electron chi connectivity index (χ4n) is 1.82. The molecule has 0 amide bonds. The minimum absolute atomic E-state index is 0.0609. The Bertz CT molecular complexity index is 830. The van der Waals surface area contributed by atoms with Gasteiger partial charge in [0.1, 0.15) is 11.3 Å². The number of benzene rings is 1. The zero-order valence-corrected chi connectivity index (χ0v) is 12.1. The molecule has 2 aromatic heterocycles. The van der Waals surface area contributed by atoms with Crippen LogP contribution < -0.4 is 0 Å². The van der Waals surface area contributed by atoms with E-state index in [1.807, 2.05) is 23.6 Å². The van der Waals surface area contributed by atoms with Crippen LogP contribution in [0.15, 0.2) is 48.2 Å². The van der Waals surface area contributed by atoms with Crippen molar-refractivity contribution in [2.45, 2.75) is 0 Å². The van der Waals surface area contributed by atoms with Crippen molar-refractivity contribution >= 4 is 29.2 Å². The summed E-state index contributed by atoms with van der Waals surface area (Å²) in [7, 11) is 0. The predicted octanol–water partition coefficient (Wildman–Crippen LogP) is 3.68. The highest BCUT2D eigenvalue weighted by molar-refractivity contribution is 7.13. The SMILES string of the molecule is O=[N+]([O-])c1cccc(-c2nc(/C=C/c3ccncn3)cs2)c1. The maximum absolute atomic E-state index is 10.8. The van der Waals surface area contributed by atoms with Crippen molar-refractivity contribution in [2.24, 2.45) is 0 Å². The van der Waals surface area contributed by atoms with Gasteiger partial charge in [-0.05, 0) is 18.2 Å². The van der Waals surface area contributed by atoms with E-state index in [-0.39, 0.29) is 5.69 Å². The molecule has 0 radical (unpaired) electrons. The molecular formula is C15H10N4O2S. The summed E-state index contributed by atoms with van der Waals surface area (Å²) in [5.41, 5.74) is 2.37. The first-order valence-electron chi connectivity index (χ1n) is 6.37. The molecule has 22 heavy (non-hydrogen) atoms. The monoisotopic (exact) mass is 310 g/mol. The normalized spacial score (nSPS) is 10.9. The van der Waals surface area contributed by atoms with Crippen LogP contribution >= 0.6 is 11.3 Å². The molecule has 6 nitrogen and oxygen atoms in total. The van der Waals surface area contributed by atoms with Crippen LogP contribution in [-0.2, 0) is 0 Å². The highest BCUT2D eigenvalue weighted by Crippen LogP contribution is 2.27. The van der Waals surface area contributed by atoms with Crippen LogP contribution in [0.4, 0.5) is 5.69 Å². The van der Waals surface area contributed by atoms with Crippen molar-refractivity contribution in [1.29, 1.82) is 0 Å². The van der Waals surface area contributed by atoms with Gasteiger partial charge in [-0.2, -0.15) is 0 Å². The molecule has 0 fully saturated rings. The Kier molecular flexibility index (Phi) is 3.97. The summed E-state index contributed by atoms with van der Waals surface area (Å²) in [6, 6.07) is 8.25. The fraction of sp³-hybridized carbons (Fsp3) is 0. The van der Waals surface area contributed by atoms with E-state index < -0.39 is 4.92 Å². The van der Waals surface area contributed by atoms with Gasteiger partial charge in [-0.25, -0.2) is 15.0 Å². The van der Waals surface area contributed by atoms with E-state index in [9.17, 15) is 10.1 Å². The first-order valence-corrected chi connectivity index (χ1v) is 7.25. The lowest BCUT2D eigenvalue weighted by atomic mass is 10.2. The topological polar surface area (TPSA) is 81.8 Å². The number of hydrogen-bond donors (Lipinski definition) is 0. The van der Waals surface area contributed by atoms with Crippen molar-refractivity contribution in [3.05, 3.63) is 69.7 Å². The smallest absolute Gasteiger partial charge is 0.258 e. The number of aromatic nitrogens is 3. The van der Waals surface area contributed by atoms with E-state index in [1.165, 1.54) is 29.8 Å². The van der Waals surface area contributed by atoms with E-state index in [4.69, 9.17) is 0 Å². The summed E-state index contributed by atoms with van der Waals surface area (Å²) in [5, 5.41) is 13.5. The third-order valence-corrected chi connectivity index (χ3v) is 3.77. The highest BCUT2D eigenvalue weighted by atomic mass is 32.1. The zero-order chi connectivity index (χ0) is 15.4.